The maximum atomic E-state index is 12.6. The largest absolute Gasteiger partial charge is 0.497 e. The molecule has 3 heterocycles. The fourth-order valence-corrected chi connectivity index (χ4v) is 4.93. The van der Waals surface area contributed by atoms with Gasteiger partial charge in [-0.05, 0) is 42.0 Å². The predicted molar refractivity (Wildman–Crippen MR) is 124 cm³/mol. The number of aromatic nitrogens is 1. The second kappa shape index (κ2) is 8.12. The Morgan fingerprint density at radius 1 is 1.15 bits per heavy atom. The van der Waals surface area contributed by atoms with E-state index in [1.54, 1.807) is 24.1 Å². The van der Waals surface area contributed by atoms with Crippen LogP contribution in [0.2, 0.25) is 0 Å². The molecule has 0 bridgehead atoms. The van der Waals surface area contributed by atoms with Gasteiger partial charge in [-0.15, -0.1) is 0 Å². The number of anilines is 1. The third-order valence-corrected chi connectivity index (χ3v) is 6.84. The molecule has 1 spiro atoms. The van der Waals surface area contributed by atoms with Crippen LogP contribution in [0.25, 0.3) is 10.9 Å². The standard InChI is InChI=1S/C25H27N3O5/c1-26-14-18(21-8-7-20(32-2)13-22(21)26)15-27-11-9-25(10-12-27)16-28(24(31)33-25)19-5-3-17(4-6-19)23(29)30/h3-8,13-14H,9-12,15-16H2,1-2H3,(H,29,30). The predicted octanol–water partition coefficient (Wildman–Crippen LogP) is 3.88. The molecule has 8 nitrogen and oxygen atoms in total. The smallest absolute Gasteiger partial charge is 0.415 e. The number of carboxylic acid groups (broad SMARTS) is 1. The zero-order chi connectivity index (χ0) is 23.2. The molecule has 172 valence electrons. The summed E-state index contributed by atoms with van der Waals surface area (Å²) in [6.07, 6.45) is 3.34. The summed E-state index contributed by atoms with van der Waals surface area (Å²) in [6, 6.07) is 12.5. The summed E-state index contributed by atoms with van der Waals surface area (Å²) in [7, 11) is 3.72. The van der Waals surface area contributed by atoms with Crippen LogP contribution in [0.4, 0.5) is 10.5 Å². The molecular weight excluding hydrogens is 422 g/mol. The van der Waals surface area contributed by atoms with E-state index in [0.717, 1.165) is 43.7 Å². The average molecular weight is 450 g/mol. The van der Waals surface area contributed by atoms with Gasteiger partial charge in [0.05, 0.1) is 24.7 Å². The Labute approximate surface area is 191 Å². The molecule has 2 aliphatic rings. The van der Waals surface area contributed by atoms with Crippen LogP contribution in [-0.2, 0) is 18.3 Å². The summed E-state index contributed by atoms with van der Waals surface area (Å²) in [5.74, 6) is -0.139. The van der Waals surface area contributed by atoms with Gasteiger partial charge in [0.25, 0.3) is 0 Å². The summed E-state index contributed by atoms with van der Waals surface area (Å²) in [5.41, 5.74) is 2.78. The van der Waals surface area contributed by atoms with E-state index in [9.17, 15) is 9.59 Å². The maximum absolute atomic E-state index is 12.6. The fraction of sp³-hybridized carbons (Fsp3) is 0.360. The number of carbonyl (C=O) groups excluding carboxylic acids is 1. The monoisotopic (exact) mass is 449 g/mol. The van der Waals surface area contributed by atoms with Gasteiger partial charge in [0.2, 0.25) is 0 Å². The van der Waals surface area contributed by atoms with E-state index in [0.29, 0.717) is 12.2 Å². The molecule has 0 saturated carbocycles. The quantitative estimate of drug-likeness (QED) is 0.637. The van der Waals surface area contributed by atoms with Gasteiger partial charge < -0.3 is 19.1 Å². The number of carbonyl (C=O) groups is 2. The van der Waals surface area contributed by atoms with Gasteiger partial charge in [0.15, 0.2) is 0 Å². The number of amides is 1. The van der Waals surface area contributed by atoms with Crippen molar-refractivity contribution < 1.29 is 24.2 Å². The molecule has 33 heavy (non-hydrogen) atoms. The fourth-order valence-electron chi connectivity index (χ4n) is 4.93. The third-order valence-electron chi connectivity index (χ3n) is 6.84. The number of hydrogen-bond donors (Lipinski definition) is 1. The highest BCUT2D eigenvalue weighted by molar-refractivity contribution is 5.92. The Hall–Kier alpha value is -3.52. The number of ether oxygens (including phenoxy) is 2. The average Bonchev–Trinajstić information content (AvgIpc) is 3.31. The lowest BCUT2D eigenvalue weighted by atomic mass is 9.91. The zero-order valence-electron chi connectivity index (χ0n) is 18.8. The van der Waals surface area contributed by atoms with Crippen molar-refractivity contribution in [3.05, 3.63) is 59.8 Å². The minimum Gasteiger partial charge on any atom is -0.497 e. The van der Waals surface area contributed by atoms with Crippen LogP contribution in [0, 0.1) is 0 Å². The van der Waals surface area contributed by atoms with E-state index in [4.69, 9.17) is 14.6 Å². The Morgan fingerprint density at radius 3 is 2.55 bits per heavy atom. The molecule has 0 unspecified atom stereocenters. The number of hydrogen-bond acceptors (Lipinski definition) is 5. The second-order valence-electron chi connectivity index (χ2n) is 8.91. The summed E-state index contributed by atoms with van der Waals surface area (Å²) >= 11 is 0. The van der Waals surface area contributed by atoms with Crippen LogP contribution >= 0.6 is 0 Å². The van der Waals surface area contributed by atoms with E-state index in [-0.39, 0.29) is 11.7 Å². The molecule has 1 aromatic heterocycles. The Kier molecular flexibility index (Phi) is 5.25. The van der Waals surface area contributed by atoms with Crippen molar-refractivity contribution in [3.8, 4) is 5.75 Å². The first-order valence-corrected chi connectivity index (χ1v) is 11.1. The normalized spacial score (nSPS) is 18.1. The molecule has 2 fully saturated rings. The number of nitrogens with zero attached hydrogens (tertiary/aromatic N) is 3. The van der Waals surface area contributed by atoms with Gasteiger partial charge in [-0.1, -0.05) is 0 Å². The number of likely N-dealkylation sites (tertiary alicyclic amines) is 1. The van der Waals surface area contributed by atoms with Crippen LogP contribution in [0.3, 0.4) is 0 Å². The van der Waals surface area contributed by atoms with E-state index < -0.39 is 11.6 Å². The number of methoxy groups -OCH3 is 1. The van der Waals surface area contributed by atoms with E-state index in [2.05, 4.69) is 27.8 Å². The maximum Gasteiger partial charge on any atom is 0.415 e. The summed E-state index contributed by atoms with van der Waals surface area (Å²) < 4.78 is 13.3. The summed E-state index contributed by atoms with van der Waals surface area (Å²) in [4.78, 5) is 27.7. The molecule has 5 rings (SSSR count). The van der Waals surface area contributed by atoms with Crippen molar-refractivity contribution in [2.24, 2.45) is 7.05 Å². The topological polar surface area (TPSA) is 84.2 Å². The molecule has 2 saturated heterocycles. The third kappa shape index (κ3) is 3.91. The molecule has 1 N–H and O–H groups in total. The number of fused-ring (bicyclic) bond motifs is 1. The van der Waals surface area contributed by atoms with Crippen molar-refractivity contribution in [3.63, 3.8) is 0 Å². The Bertz CT molecular complexity index is 1210. The lowest BCUT2D eigenvalue weighted by molar-refractivity contribution is -0.000896. The highest BCUT2D eigenvalue weighted by atomic mass is 16.6. The van der Waals surface area contributed by atoms with Gasteiger partial charge in [0.1, 0.15) is 11.4 Å². The number of piperidine rings is 1. The van der Waals surface area contributed by atoms with Crippen molar-refractivity contribution in [2.75, 3.05) is 31.6 Å². The van der Waals surface area contributed by atoms with E-state index in [1.165, 1.54) is 23.1 Å². The number of aromatic carboxylic acids is 1. The molecule has 0 radical (unpaired) electrons. The molecule has 2 aliphatic heterocycles. The lowest BCUT2D eigenvalue weighted by Gasteiger charge is -2.37. The van der Waals surface area contributed by atoms with Crippen molar-refractivity contribution in [1.29, 1.82) is 0 Å². The summed E-state index contributed by atoms with van der Waals surface area (Å²) in [6.45, 7) is 3.01. The number of carboxylic acids is 1. The number of aryl methyl sites for hydroxylation is 1. The molecule has 1 amide bonds. The highest BCUT2D eigenvalue weighted by Gasteiger charge is 2.47. The second-order valence-corrected chi connectivity index (χ2v) is 8.91. The molecule has 0 atom stereocenters. The molecular formula is C25H27N3O5. The van der Waals surface area contributed by atoms with Crippen LogP contribution in [-0.4, -0.2) is 59.0 Å². The van der Waals surface area contributed by atoms with Crippen LogP contribution in [0.1, 0.15) is 28.8 Å². The number of rotatable bonds is 5. The Balaban J connectivity index is 1.25. The van der Waals surface area contributed by atoms with Crippen LogP contribution < -0.4 is 9.64 Å². The van der Waals surface area contributed by atoms with Crippen molar-refractivity contribution in [1.82, 2.24) is 9.47 Å². The molecule has 0 aliphatic carbocycles. The van der Waals surface area contributed by atoms with Crippen LogP contribution in [0.15, 0.2) is 48.7 Å². The van der Waals surface area contributed by atoms with Crippen molar-refractivity contribution in [2.45, 2.75) is 25.0 Å². The van der Waals surface area contributed by atoms with Gasteiger partial charge >= 0.3 is 12.1 Å². The molecule has 8 heteroatoms. The van der Waals surface area contributed by atoms with Crippen LogP contribution in [0.5, 0.6) is 5.75 Å². The Morgan fingerprint density at radius 2 is 1.88 bits per heavy atom. The minimum absolute atomic E-state index is 0.196. The molecule has 2 aromatic carbocycles. The van der Waals surface area contributed by atoms with Gasteiger partial charge in [-0.2, -0.15) is 0 Å². The highest BCUT2D eigenvalue weighted by Crippen LogP contribution is 2.36. The number of benzene rings is 2. The van der Waals surface area contributed by atoms with E-state index >= 15 is 0 Å². The summed E-state index contributed by atoms with van der Waals surface area (Å²) in [5, 5.41) is 10.3. The first-order valence-electron chi connectivity index (χ1n) is 11.1. The van der Waals surface area contributed by atoms with Gasteiger partial charge in [-0.25, -0.2) is 9.59 Å². The van der Waals surface area contributed by atoms with E-state index in [1.807, 2.05) is 13.1 Å². The first kappa shape index (κ1) is 21.3. The zero-order valence-corrected chi connectivity index (χ0v) is 18.8. The van der Waals surface area contributed by atoms with Gasteiger partial charge in [-0.3, -0.25) is 9.80 Å². The van der Waals surface area contributed by atoms with Gasteiger partial charge in [0, 0.05) is 62.9 Å². The van der Waals surface area contributed by atoms with Crippen molar-refractivity contribution >= 4 is 28.7 Å². The lowest BCUT2D eigenvalue weighted by Crippen LogP contribution is -2.46. The molecule has 3 aromatic rings. The minimum atomic E-state index is -0.986. The first-order chi connectivity index (χ1) is 15.9. The SMILES string of the molecule is COc1ccc2c(CN3CCC4(CC3)CN(c3ccc(C(=O)O)cc3)C(=O)O4)cn(C)c2c1.